The molecule has 0 aromatic heterocycles. The van der Waals surface area contributed by atoms with E-state index in [4.69, 9.17) is 14.2 Å². The fraction of sp³-hybridized carbons (Fsp3) is 0.130. The molecule has 4 heteroatoms. The van der Waals surface area contributed by atoms with Crippen LogP contribution in [-0.2, 0) is 11.3 Å². The molecule has 0 aliphatic carbocycles. The summed E-state index contributed by atoms with van der Waals surface area (Å²) < 4.78 is 16.5. The molecule has 3 rings (SSSR count). The number of methoxy groups -OCH3 is 2. The van der Waals surface area contributed by atoms with Crippen molar-refractivity contribution in [2.24, 2.45) is 0 Å². The molecule has 0 heterocycles. The van der Waals surface area contributed by atoms with Gasteiger partial charge in [0.2, 0.25) is 0 Å². The van der Waals surface area contributed by atoms with Crippen LogP contribution in [-0.4, -0.2) is 19.3 Å². The van der Waals surface area contributed by atoms with E-state index in [1.54, 1.807) is 7.11 Å². The standard InChI is InChI=1S/C23H22O4/c1-25-21-15-19(22(23(24)26-2)18-11-7-4-8-12-18)13-14-20(21)27-16-17-9-5-3-6-10-17/h3-15,24H,16H2,1-2H3/b23-22-. The highest BCUT2D eigenvalue weighted by atomic mass is 16.6. The van der Waals surface area contributed by atoms with Crippen LogP contribution in [0.4, 0.5) is 0 Å². The van der Waals surface area contributed by atoms with Crippen molar-refractivity contribution in [2.45, 2.75) is 6.61 Å². The molecule has 0 aliphatic rings. The molecule has 1 N–H and O–H groups in total. The van der Waals surface area contributed by atoms with Gasteiger partial charge in [0.25, 0.3) is 5.95 Å². The summed E-state index contributed by atoms with van der Waals surface area (Å²) in [6.45, 7) is 0.446. The van der Waals surface area contributed by atoms with Gasteiger partial charge in [-0.2, -0.15) is 0 Å². The predicted molar refractivity (Wildman–Crippen MR) is 106 cm³/mol. The van der Waals surface area contributed by atoms with Gasteiger partial charge in [-0.25, -0.2) is 0 Å². The summed E-state index contributed by atoms with van der Waals surface area (Å²) in [5, 5.41) is 10.3. The average Bonchev–Trinajstić information content (AvgIpc) is 2.74. The van der Waals surface area contributed by atoms with Crippen LogP contribution in [0.5, 0.6) is 11.5 Å². The van der Waals surface area contributed by atoms with Crippen molar-refractivity contribution in [1.82, 2.24) is 0 Å². The number of ether oxygens (including phenoxy) is 3. The smallest absolute Gasteiger partial charge is 0.285 e. The maximum atomic E-state index is 10.3. The van der Waals surface area contributed by atoms with Crippen LogP contribution in [0, 0.1) is 0 Å². The zero-order valence-corrected chi connectivity index (χ0v) is 15.4. The Balaban J connectivity index is 1.92. The molecule has 0 bridgehead atoms. The fourth-order valence-electron chi connectivity index (χ4n) is 2.80. The van der Waals surface area contributed by atoms with Crippen LogP contribution >= 0.6 is 0 Å². The van der Waals surface area contributed by atoms with Crippen molar-refractivity contribution < 1.29 is 19.3 Å². The monoisotopic (exact) mass is 362 g/mol. The summed E-state index contributed by atoms with van der Waals surface area (Å²) in [6, 6.07) is 25.0. The second-order valence-corrected chi connectivity index (χ2v) is 5.89. The Morgan fingerprint density at radius 3 is 2.07 bits per heavy atom. The van der Waals surface area contributed by atoms with Gasteiger partial charge in [-0.1, -0.05) is 66.7 Å². The van der Waals surface area contributed by atoms with Crippen LogP contribution in [0.2, 0.25) is 0 Å². The molecule has 0 radical (unpaired) electrons. The highest BCUT2D eigenvalue weighted by molar-refractivity contribution is 5.81. The summed E-state index contributed by atoms with van der Waals surface area (Å²) in [4.78, 5) is 0. The number of benzene rings is 3. The van der Waals surface area contributed by atoms with Crippen molar-refractivity contribution >= 4 is 5.57 Å². The van der Waals surface area contributed by atoms with Gasteiger partial charge in [0.15, 0.2) is 11.5 Å². The number of rotatable bonds is 7. The Morgan fingerprint density at radius 2 is 1.44 bits per heavy atom. The number of hydrogen-bond acceptors (Lipinski definition) is 4. The Hall–Kier alpha value is -3.40. The number of hydrogen-bond donors (Lipinski definition) is 1. The second kappa shape index (κ2) is 8.81. The van der Waals surface area contributed by atoms with Crippen LogP contribution in [0.3, 0.4) is 0 Å². The highest BCUT2D eigenvalue weighted by Crippen LogP contribution is 2.34. The lowest BCUT2D eigenvalue weighted by Gasteiger charge is -2.15. The zero-order chi connectivity index (χ0) is 19.1. The molecule has 4 nitrogen and oxygen atoms in total. The lowest BCUT2D eigenvalue weighted by molar-refractivity contribution is 0.139. The number of aliphatic hydroxyl groups excluding tert-OH is 1. The van der Waals surface area contributed by atoms with E-state index in [2.05, 4.69) is 0 Å². The quantitative estimate of drug-likeness (QED) is 0.587. The van der Waals surface area contributed by atoms with Crippen molar-refractivity contribution in [1.29, 1.82) is 0 Å². The van der Waals surface area contributed by atoms with Crippen molar-refractivity contribution in [3.05, 3.63) is 101 Å². The zero-order valence-electron chi connectivity index (χ0n) is 15.4. The molecular formula is C23H22O4. The van der Waals surface area contributed by atoms with E-state index in [-0.39, 0.29) is 5.95 Å². The highest BCUT2D eigenvalue weighted by Gasteiger charge is 2.15. The molecule has 0 aliphatic heterocycles. The van der Waals surface area contributed by atoms with E-state index in [0.29, 0.717) is 23.7 Å². The molecule has 0 amide bonds. The Morgan fingerprint density at radius 1 is 0.778 bits per heavy atom. The molecule has 0 saturated heterocycles. The Kier molecular flexibility index (Phi) is 6.00. The van der Waals surface area contributed by atoms with E-state index in [1.807, 2.05) is 78.9 Å². The summed E-state index contributed by atoms with van der Waals surface area (Å²) in [5.74, 6) is 1.07. The predicted octanol–water partition coefficient (Wildman–Crippen LogP) is 5.20. The lowest BCUT2D eigenvalue weighted by Crippen LogP contribution is -2.00. The first-order valence-corrected chi connectivity index (χ1v) is 8.60. The fourth-order valence-corrected chi connectivity index (χ4v) is 2.80. The largest absolute Gasteiger partial charge is 0.493 e. The summed E-state index contributed by atoms with van der Waals surface area (Å²) in [5.41, 5.74) is 3.28. The minimum atomic E-state index is -0.152. The van der Waals surface area contributed by atoms with E-state index >= 15 is 0 Å². The van der Waals surface area contributed by atoms with E-state index in [1.165, 1.54) is 7.11 Å². The molecule has 0 saturated carbocycles. The van der Waals surface area contributed by atoms with Gasteiger partial charge in [-0.15, -0.1) is 0 Å². The minimum Gasteiger partial charge on any atom is -0.493 e. The number of aliphatic hydroxyl groups is 1. The van der Waals surface area contributed by atoms with Gasteiger partial charge in [0.05, 0.1) is 19.8 Å². The van der Waals surface area contributed by atoms with Crippen molar-refractivity contribution in [2.75, 3.05) is 14.2 Å². The Labute approximate surface area is 159 Å². The molecule has 3 aromatic rings. The van der Waals surface area contributed by atoms with Crippen LogP contribution < -0.4 is 9.47 Å². The third-order valence-electron chi connectivity index (χ3n) is 4.16. The van der Waals surface area contributed by atoms with Crippen molar-refractivity contribution in [3.63, 3.8) is 0 Å². The van der Waals surface area contributed by atoms with Gasteiger partial charge in [0, 0.05) is 0 Å². The van der Waals surface area contributed by atoms with Gasteiger partial charge in [-0.3, -0.25) is 0 Å². The molecular weight excluding hydrogens is 340 g/mol. The van der Waals surface area contributed by atoms with Gasteiger partial charge >= 0.3 is 0 Å². The minimum absolute atomic E-state index is 0.152. The van der Waals surface area contributed by atoms with Crippen LogP contribution in [0.15, 0.2) is 84.8 Å². The molecule has 0 spiro atoms. The average molecular weight is 362 g/mol. The second-order valence-electron chi connectivity index (χ2n) is 5.89. The summed E-state index contributed by atoms with van der Waals surface area (Å²) in [6.07, 6.45) is 0. The lowest BCUT2D eigenvalue weighted by atomic mass is 9.98. The van der Waals surface area contributed by atoms with E-state index < -0.39 is 0 Å². The molecule has 27 heavy (non-hydrogen) atoms. The Bertz CT molecular complexity index is 902. The molecule has 138 valence electrons. The maximum Gasteiger partial charge on any atom is 0.285 e. The van der Waals surface area contributed by atoms with Gasteiger partial charge in [-0.05, 0) is 28.8 Å². The molecule has 0 unspecified atom stereocenters. The third-order valence-corrected chi connectivity index (χ3v) is 4.16. The van der Waals surface area contributed by atoms with Crippen LogP contribution in [0.1, 0.15) is 16.7 Å². The summed E-state index contributed by atoms with van der Waals surface area (Å²) in [7, 11) is 3.03. The molecule has 3 aromatic carbocycles. The third kappa shape index (κ3) is 4.42. The first-order valence-electron chi connectivity index (χ1n) is 8.60. The van der Waals surface area contributed by atoms with Crippen LogP contribution in [0.25, 0.3) is 5.57 Å². The summed E-state index contributed by atoms with van der Waals surface area (Å²) >= 11 is 0. The first-order chi connectivity index (χ1) is 13.2. The van der Waals surface area contributed by atoms with E-state index in [0.717, 1.165) is 16.7 Å². The van der Waals surface area contributed by atoms with Gasteiger partial charge < -0.3 is 19.3 Å². The van der Waals surface area contributed by atoms with Gasteiger partial charge in [0.1, 0.15) is 6.61 Å². The normalized spacial score (nSPS) is 11.5. The van der Waals surface area contributed by atoms with Crippen molar-refractivity contribution in [3.8, 4) is 11.5 Å². The topological polar surface area (TPSA) is 47.9 Å². The SMILES string of the molecule is CO/C(O)=C(/c1ccccc1)c1ccc(OCc2ccccc2)c(OC)c1. The molecule has 0 fully saturated rings. The van der Waals surface area contributed by atoms with E-state index in [9.17, 15) is 5.11 Å². The maximum absolute atomic E-state index is 10.3. The molecule has 0 atom stereocenters. The first kappa shape index (κ1) is 18.4.